The highest BCUT2D eigenvalue weighted by Gasteiger charge is 1.66. The maximum Gasteiger partial charge on any atom is 0.186 e. The summed E-state index contributed by atoms with van der Waals surface area (Å²) in [6.07, 6.45) is 1.63. The normalized spacial score (nSPS) is 13.8. The van der Waals surface area contributed by atoms with Gasteiger partial charge in [-0.2, -0.15) is 15.7 Å². The number of nitrogens with two attached hydrogens (primary N) is 1. The zero-order valence-corrected chi connectivity index (χ0v) is 3.80. The van der Waals surface area contributed by atoms with Crippen molar-refractivity contribution in [3.05, 3.63) is 0 Å². The average Bonchev–Trinajstić information content (AvgIpc) is 1.38. The Morgan fingerprint density at radius 2 is 2.20 bits per heavy atom. The van der Waals surface area contributed by atoms with Gasteiger partial charge in [0.1, 0.15) is 0 Å². The second-order valence-electron chi connectivity index (χ2n) is 0.546. The van der Waals surface area contributed by atoms with Gasteiger partial charge < -0.3 is 0 Å². The van der Waals surface area contributed by atoms with Gasteiger partial charge in [0, 0.05) is 0 Å². The molecule has 0 amide bonds. The third kappa shape index (κ3) is 4.11. The zero-order chi connectivity index (χ0) is 4.28. The van der Waals surface area contributed by atoms with Gasteiger partial charge in [0.15, 0.2) is 5.24 Å². The Hall–Kier alpha value is 0.110. The molecule has 2 N–H and O–H groups in total. The summed E-state index contributed by atoms with van der Waals surface area (Å²) in [6.45, 7) is 0. The minimum absolute atomic E-state index is 0.523. The molecule has 0 fully saturated rings. The fourth-order valence-corrected chi connectivity index (χ4v) is 0. The SMILES string of the molecule is C[SH]=C(N)F. The highest BCUT2D eigenvalue weighted by Crippen LogP contribution is 1.73. The maximum atomic E-state index is 11.1. The summed E-state index contributed by atoms with van der Waals surface area (Å²) in [5.74, 6) is 0. The van der Waals surface area contributed by atoms with Crippen LogP contribution in [0.2, 0.25) is 0 Å². The Labute approximate surface area is 33.9 Å². The van der Waals surface area contributed by atoms with Crippen molar-refractivity contribution in [2.75, 3.05) is 6.26 Å². The highest BCUT2D eigenvalue weighted by atomic mass is 32.1. The fraction of sp³-hybridized carbons (Fsp3) is 0.500. The predicted octanol–water partition coefficient (Wildman–Crippen LogP) is 0.0973. The van der Waals surface area contributed by atoms with Crippen molar-refractivity contribution >= 4 is 16.6 Å². The summed E-state index contributed by atoms with van der Waals surface area (Å²) in [5, 5.41) is -0.523. The molecule has 0 saturated carbocycles. The Morgan fingerprint density at radius 1 is 2.00 bits per heavy atom. The molecule has 0 spiro atoms. The molecule has 0 rings (SSSR count). The van der Waals surface area contributed by atoms with Crippen LogP contribution in [0.3, 0.4) is 0 Å². The van der Waals surface area contributed by atoms with E-state index in [4.69, 9.17) is 0 Å². The molecule has 0 aromatic rings. The Bertz CT molecular complexity index is 47.6. The Balaban J connectivity index is 3.14. The minimum atomic E-state index is -0.523. The number of halogens is 1. The van der Waals surface area contributed by atoms with Crippen molar-refractivity contribution in [2.45, 2.75) is 0 Å². The van der Waals surface area contributed by atoms with E-state index in [1.54, 1.807) is 6.26 Å². The van der Waals surface area contributed by atoms with Crippen LogP contribution in [-0.4, -0.2) is 11.5 Å². The molecule has 0 bridgehead atoms. The highest BCUT2D eigenvalue weighted by molar-refractivity contribution is 7.97. The molecule has 0 aromatic carbocycles. The number of rotatable bonds is 0. The third-order valence-electron chi connectivity index (χ3n) is 0.214. The summed E-state index contributed by atoms with van der Waals surface area (Å²) >= 11 is 0.525. The molecule has 0 saturated heterocycles. The van der Waals surface area contributed by atoms with Crippen molar-refractivity contribution in [1.82, 2.24) is 0 Å². The van der Waals surface area contributed by atoms with Crippen LogP contribution in [0.1, 0.15) is 0 Å². The van der Waals surface area contributed by atoms with Gasteiger partial charge >= 0.3 is 0 Å². The fourth-order valence-electron chi connectivity index (χ4n) is 0. The first-order valence-corrected chi connectivity index (χ1v) is 2.49. The molecule has 0 aliphatic heterocycles. The number of thiol groups is 1. The van der Waals surface area contributed by atoms with Crippen LogP contribution in [0.4, 0.5) is 4.39 Å². The predicted molar refractivity (Wildman–Crippen MR) is 25.2 cm³/mol. The van der Waals surface area contributed by atoms with Crippen LogP contribution in [0.25, 0.3) is 0 Å². The quantitative estimate of drug-likeness (QED) is 0.190. The van der Waals surface area contributed by atoms with E-state index >= 15 is 0 Å². The first-order chi connectivity index (χ1) is 2.27. The second-order valence-corrected chi connectivity index (χ2v) is 1.42. The topological polar surface area (TPSA) is 26.0 Å². The summed E-state index contributed by atoms with van der Waals surface area (Å²) in [7, 11) is 0. The van der Waals surface area contributed by atoms with E-state index < -0.39 is 5.24 Å². The van der Waals surface area contributed by atoms with Gasteiger partial charge in [0.25, 0.3) is 0 Å². The van der Waals surface area contributed by atoms with E-state index in [0.717, 1.165) is 0 Å². The summed E-state index contributed by atoms with van der Waals surface area (Å²) < 4.78 is 11.1. The molecule has 0 aromatic heterocycles. The molecular weight excluding hydrogens is 89.1 g/mol. The van der Waals surface area contributed by atoms with E-state index in [-0.39, 0.29) is 0 Å². The van der Waals surface area contributed by atoms with Crippen LogP contribution in [0.5, 0.6) is 0 Å². The van der Waals surface area contributed by atoms with Gasteiger partial charge in [0.2, 0.25) is 0 Å². The van der Waals surface area contributed by atoms with Crippen molar-refractivity contribution in [3.63, 3.8) is 0 Å². The van der Waals surface area contributed by atoms with Crippen LogP contribution < -0.4 is 5.73 Å². The lowest BCUT2D eigenvalue weighted by Crippen LogP contribution is -1.98. The maximum absolute atomic E-state index is 11.1. The van der Waals surface area contributed by atoms with Crippen molar-refractivity contribution in [1.29, 1.82) is 0 Å². The molecule has 0 unspecified atom stereocenters. The lowest BCUT2D eigenvalue weighted by molar-refractivity contribution is 0.816. The average molecular weight is 95.1 g/mol. The van der Waals surface area contributed by atoms with Crippen LogP contribution in [0.15, 0.2) is 0 Å². The van der Waals surface area contributed by atoms with Gasteiger partial charge in [-0.25, -0.2) is 0 Å². The molecule has 0 aliphatic rings. The summed E-state index contributed by atoms with van der Waals surface area (Å²) in [4.78, 5) is 0. The molecular formula is C2H6FNS. The van der Waals surface area contributed by atoms with E-state index in [0.29, 0.717) is 11.4 Å². The largest absolute Gasteiger partial charge is 0.274 e. The second kappa shape index (κ2) is 2.35. The minimum Gasteiger partial charge on any atom is -0.274 e. The molecule has 32 valence electrons. The van der Waals surface area contributed by atoms with Gasteiger partial charge in [-0.3, -0.25) is 5.73 Å². The molecule has 0 atom stereocenters. The lowest BCUT2D eigenvalue weighted by Gasteiger charge is -1.70. The van der Waals surface area contributed by atoms with Crippen molar-refractivity contribution in [2.24, 2.45) is 5.73 Å². The third-order valence-corrected chi connectivity index (χ3v) is 0.641. The van der Waals surface area contributed by atoms with Crippen LogP contribution in [0, 0.1) is 0 Å². The van der Waals surface area contributed by atoms with Gasteiger partial charge in [0.05, 0.1) is 0 Å². The van der Waals surface area contributed by atoms with E-state index in [2.05, 4.69) is 5.73 Å². The van der Waals surface area contributed by atoms with Crippen LogP contribution >= 0.6 is 11.4 Å². The van der Waals surface area contributed by atoms with E-state index in [1.165, 1.54) is 0 Å². The van der Waals surface area contributed by atoms with E-state index in [1.807, 2.05) is 0 Å². The van der Waals surface area contributed by atoms with Crippen LogP contribution in [-0.2, 0) is 0 Å². The molecule has 0 aliphatic carbocycles. The zero-order valence-electron chi connectivity index (χ0n) is 2.90. The van der Waals surface area contributed by atoms with Crippen molar-refractivity contribution < 1.29 is 4.39 Å². The molecule has 5 heavy (non-hydrogen) atoms. The summed E-state index contributed by atoms with van der Waals surface area (Å²) in [5.41, 5.74) is 4.53. The Kier molecular flexibility index (Phi) is 2.41. The summed E-state index contributed by atoms with van der Waals surface area (Å²) in [6, 6.07) is 0. The first kappa shape index (κ1) is 5.11. The molecule has 0 heterocycles. The van der Waals surface area contributed by atoms with Gasteiger partial charge in [-0.05, 0) is 6.26 Å². The monoisotopic (exact) mass is 95.0 g/mol. The van der Waals surface area contributed by atoms with Gasteiger partial charge in [-0.15, -0.1) is 0 Å². The number of hydrogen-bond donors (Lipinski definition) is 2. The molecule has 1 nitrogen and oxygen atoms in total. The van der Waals surface area contributed by atoms with Gasteiger partial charge in [-0.1, -0.05) is 0 Å². The standard InChI is InChI=1S/C2H6FNS/c1-5-2(3)4/h5H,4H2,1H3. The molecule has 3 heteroatoms. The lowest BCUT2D eigenvalue weighted by atomic mass is 11.5. The number of hydrogen-bond acceptors (Lipinski definition) is 0. The van der Waals surface area contributed by atoms with E-state index in [9.17, 15) is 4.39 Å². The Morgan fingerprint density at radius 3 is 2.20 bits per heavy atom. The first-order valence-electron chi connectivity index (χ1n) is 1.15. The molecule has 0 radical (unpaired) electrons. The smallest absolute Gasteiger partial charge is 0.186 e. The van der Waals surface area contributed by atoms with Crippen molar-refractivity contribution in [3.8, 4) is 0 Å².